The molecule has 1 fully saturated rings. The van der Waals surface area contributed by atoms with E-state index in [0.29, 0.717) is 10.4 Å². The molecule has 1 aliphatic heterocycles. The Morgan fingerprint density at radius 3 is 2.75 bits per heavy atom. The van der Waals surface area contributed by atoms with Gasteiger partial charge in [0.2, 0.25) is 5.91 Å². The van der Waals surface area contributed by atoms with E-state index in [1.807, 2.05) is 0 Å². The summed E-state index contributed by atoms with van der Waals surface area (Å²) in [5.41, 5.74) is -0.464. The van der Waals surface area contributed by atoms with E-state index in [-0.39, 0.29) is 24.7 Å². The first-order chi connectivity index (χ1) is 11.4. The predicted molar refractivity (Wildman–Crippen MR) is 86.4 cm³/mol. The first-order valence-corrected chi connectivity index (χ1v) is 8.14. The molecule has 6 nitrogen and oxygen atoms in total. The lowest BCUT2D eigenvalue weighted by Gasteiger charge is -2.15. The second-order valence-corrected chi connectivity index (χ2v) is 6.26. The topological polar surface area (TPSA) is 75.7 Å². The molecule has 128 valence electrons. The number of halogens is 2. The summed E-state index contributed by atoms with van der Waals surface area (Å²) in [5.74, 6) is -3.43. The standard InChI is InChI=1S/C14H12F2N2O4S2/c15-8-1-2-9(10(16)5-8)13(21)22-6-11(19)17-3-4-18-12(20)7-24-14(18)23/h1-2,5H,3-4,6-7H2,(H,17,19). The molecular formula is C14H12F2N2O4S2. The Balaban J connectivity index is 1.74. The van der Waals surface area contributed by atoms with Crippen molar-refractivity contribution in [3.8, 4) is 0 Å². The average Bonchev–Trinajstić information content (AvgIpc) is 2.84. The number of thioether (sulfide) groups is 1. The van der Waals surface area contributed by atoms with Gasteiger partial charge in [-0.3, -0.25) is 14.5 Å². The highest BCUT2D eigenvalue weighted by atomic mass is 32.2. The number of amides is 2. The van der Waals surface area contributed by atoms with E-state index < -0.39 is 35.7 Å². The molecule has 1 aliphatic rings. The van der Waals surface area contributed by atoms with Gasteiger partial charge in [-0.1, -0.05) is 24.0 Å². The van der Waals surface area contributed by atoms with Gasteiger partial charge in [0.25, 0.3) is 5.91 Å². The molecule has 0 saturated carbocycles. The van der Waals surface area contributed by atoms with Crippen molar-refractivity contribution in [2.45, 2.75) is 0 Å². The molecule has 1 heterocycles. The molecule has 0 aromatic heterocycles. The molecule has 0 atom stereocenters. The molecule has 24 heavy (non-hydrogen) atoms. The van der Waals surface area contributed by atoms with Crippen molar-refractivity contribution in [3.63, 3.8) is 0 Å². The first kappa shape index (κ1) is 18.3. The molecule has 0 spiro atoms. The Hall–Kier alpha value is -2.07. The molecule has 1 N–H and O–H groups in total. The molecule has 0 unspecified atom stereocenters. The third-order valence-corrected chi connectivity index (χ3v) is 4.42. The van der Waals surface area contributed by atoms with Crippen molar-refractivity contribution < 1.29 is 27.9 Å². The predicted octanol–water partition coefficient (Wildman–Crippen LogP) is 1.10. The number of ether oxygens (including phenoxy) is 1. The molecule has 2 amide bonds. The van der Waals surface area contributed by atoms with Crippen LogP contribution in [0.4, 0.5) is 8.78 Å². The number of nitrogens with one attached hydrogen (secondary N) is 1. The van der Waals surface area contributed by atoms with Crippen LogP contribution in [-0.4, -0.2) is 52.5 Å². The molecule has 10 heteroatoms. The van der Waals surface area contributed by atoms with Crippen LogP contribution in [0.15, 0.2) is 18.2 Å². The number of carbonyl (C=O) groups is 3. The number of hydrogen-bond donors (Lipinski definition) is 1. The Bertz CT molecular complexity index is 683. The van der Waals surface area contributed by atoms with Gasteiger partial charge in [0.15, 0.2) is 6.61 Å². The van der Waals surface area contributed by atoms with Gasteiger partial charge in [-0.2, -0.15) is 0 Å². The zero-order valence-electron chi connectivity index (χ0n) is 12.2. The summed E-state index contributed by atoms with van der Waals surface area (Å²) in [4.78, 5) is 36.0. The lowest BCUT2D eigenvalue weighted by Crippen LogP contribution is -2.38. The van der Waals surface area contributed by atoms with Gasteiger partial charge < -0.3 is 10.1 Å². The second-order valence-electron chi connectivity index (χ2n) is 4.65. The average molecular weight is 374 g/mol. The van der Waals surface area contributed by atoms with Crippen LogP contribution >= 0.6 is 24.0 Å². The van der Waals surface area contributed by atoms with E-state index in [1.165, 1.54) is 16.7 Å². The molecule has 1 saturated heterocycles. The Labute approximate surface area is 145 Å². The summed E-state index contributed by atoms with van der Waals surface area (Å²) in [6, 6.07) is 2.39. The number of thiocarbonyl (C=S) groups is 1. The lowest BCUT2D eigenvalue weighted by atomic mass is 10.2. The zero-order valence-corrected chi connectivity index (χ0v) is 13.8. The summed E-state index contributed by atoms with van der Waals surface area (Å²) < 4.78 is 31.2. The van der Waals surface area contributed by atoms with Gasteiger partial charge >= 0.3 is 5.97 Å². The van der Waals surface area contributed by atoms with Crippen LogP contribution in [0, 0.1) is 11.6 Å². The minimum absolute atomic E-state index is 0.127. The summed E-state index contributed by atoms with van der Waals surface area (Å²) in [6.07, 6.45) is 0. The monoisotopic (exact) mass is 374 g/mol. The van der Waals surface area contributed by atoms with E-state index in [2.05, 4.69) is 10.1 Å². The molecular weight excluding hydrogens is 362 g/mol. The van der Waals surface area contributed by atoms with Crippen molar-refractivity contribution in [3.05, 3.63) is 35.4 Å². The normalized spacial score (nSPS) is 14.0. The smallest absolute Gasteiger partial charge is 0.341 e. The van der Waals surface area contributed by atoms with Crippen molar-refractivity contribution in [2.24, 2.45) is 0 Å². The lowest BCUT2D eigenvalue weighted by molar-refractivity contribution is -0.126. The highest BCUT2D eigenvalue weighted by Gasteiger charge is 2.26. The van der Waals surface area contributed by atoms with Crippen LogP contribution in [-0.2, 0) is 14.3 Å². The fourth-order valence-corrected chi connectivity index (χ4v) is 2.94. The number of carbonyl (C=O) groups excluding carboxylic acids is 3. The maximum absolute atomic E-state index is 13.4. The SMILES string of the molecule is O=C(COC(=O)c1ccc(F)cc1F)NCCN1C(=O)CSC1=S. The number of rotatable bonds is 6. The largest absolute Gasteiger partial charge is 0.452 e. The van der Waals surface area contributed by atoms with Gasteiger partial charge in [-0.15, -0.1) is 0 Å². The number of esters is 1. The van der Waals surface area contributed by atoms with Crippen LogP contribution in [0.3, 0.4) is 0 Å². The molecule has 2 rings (SSSR count). The molecule has 0 radical (unpaired) electrons. The minimum Gasteiger partial charge on any atom is -0.452 e. The zero-order chi connectivity index (χ0) is 17.7. The van der Waals surface area contributed by atoms with Gasteiger partial charge in [0.05, 0.1) is 11.3 Å². The van der Waals surface area contributed by atoms with Crippen LogP contribution in [0.1, 0.15) is 10.4 Å². The minimum atomic E-state index is -1.07. The summed E-state index contributed by atoms with van der Waals surface area (Å²) in [6.45, 7) is -0.270. The van der Waals surface area contributed by atoms with Gasteiger partial charge in [0, 0.05) is 19.2 Å². The van der Waals surface area contributed by atoms with Gasteiger partial charge in [-0.05, 0) is 12.1 Å². The summed E-state index contributed by atoms with van der Waals surface area (Å²) in [5, 5.41) is 2.45. The van der Waals surface area contributed by atoms with Gasteiger partial charge in [-0.25, -0.2) is 13.6 Å². The van der Waals surface area contributed by atoms with Crippen LogP contribution in [0.5, 0.6) is 0 Å². The number of hydrogen-bond acceptors (Lipinski definition) is 6. The Kier molecular flexibility index (Phi) is 6.21. The Morgan fingerprint density at radius 1 is 1.38 bits per heavy atom. The van der Waals surface area contributed by atoms with E-state index in [9.17, 15) is 23.2 Å². The van der Waals surface area contributed by atoms with Crippen molar-refractivity contribution in [1.29, 1.82) is 0 Å². The number of benzene rings is 1. The maximum Gasteiger partial charge on any atom is 0.341 e. The molecule has 1 aromatic rings. The number of nitrogens with zero attached hydrogens (tertiary/aromatic N) is 1. The highest BCUT2D eigenvalue weighted by Crippen LogP contribution is 2.18. The molecule has 0 bridgehead atoms. The molecule has 1 aromatic carbocycles. The van der Waals surface area contributed by atoms with Crippen LogP contribution in [0.25, 0.3) is 0 Å². The van der Waals surface area contributed by atoms with E-state index in [4.69, 9.17) is 12.2 Å². The maximum atomic E-state index is 13.4. The summed E-state index contributed by atoms with van der Waals surface area (Å²) in [7, 11) is 0. The van der Waals surface area contributed by atoms with Gasteiger partial charge in [0.1, 0.15) is 16.0 Å². The quantitative estimate of drug-likeness (QED) is 0.594. The van der Waals surface area contributed by atoms with Crippen molar-refractivity contribution >= 4 is 46.1 Å². The second kappa shape index (κ2) is 8.15. The van der Waals surface area contributed by atoms with Crippen LogP contribution < -0.4 is 5.32 Å². The summed E-state index contributed by atoms with van der Waals surface area (Å²) >= 11 is 6.23. The highest BCUT2D eigenvalue weighted by molar-refractivity contribution is 8.23. The van der Waals surface area contributed by atoms with Crippen LogP contribution in [0.2, 0.25) is 0 Å². The third kappa shape index (κ3) is 4.71. The van der Waals surface area contributed by atoms with Crippen molar-refractivity contribution in [2.75, 3.05) is 25.4 Å². The van der Waals surface area contributed by atoms with E-state index >= 15 is 0 Å². The fraction of sp³-hybridized carbons (Fsp3) is 0.286. The van der Waals surface area contributed by atoms with Crippen molar-refractivity contribution in [1.82, 2.24) is 10.2 Å². The van der Waals surface area contributed by atoms with E-state index in [1.54, 1.807) is 0 Å². The third-order valence-electron chi connectivity index (χ3n) is 2.98. The first-order valence-electron chi connectivity index (χ1n) is 6.74. The fourth-order valence-electron chi connectivity index (χ4n) is 1.82. The molecule has 0 aliphatic carbocycles. The Morgan fingerprint density at radius 2 is 2.12 bits per heavy atom. The van der Waals surface area contributed by atoms with E-state index in [0.717, 1.165) is 12.1 Å².